The van der Waals surface area contributed by atoms with Crippen LogP contribution in [0.5, 0.6) is 0 Å². The van der Waals surface area contributed by atoms with Gasteiger partial charge >= 0.3 is 5.97 Å². The Balaban J connectivity index is 2.31. The van der Waals surface area contributed by atoms with Crippen LogP contribution in [0.25, 0.3) is 0 Å². The third-order valence-electron chi connectivity index (χ3n) is 1.90. The van der Waals surface area contributed by atoms with Gasteiger partial charge in [0.05, 0.1) is 0 Å². The minimum absolute atomic E-state index is 0.132. The second-order valence-electron chi connectivity index (χ2n) is 3.36. The van der Waals surface area contributed by atoms with Crippen LogP contribution in [0.3, 0.4) is 0 Å². The smallest absolute Gasteiger partial charge is 0.332 e. The Kier molecular flexibility index (Phi) is 6.66. The molecule has 1 rings (SSSR count). The molecule has 5 nitrogen and oxygen atoms in total. The van der Waals surface area contributed by atoms with E-state index in [9.17, 15) is 9.59 Å². The van der Waals surface area contributed by atoms with Crippen molar-refractivity contribution in [3.8, 4) is 0 Å². The van der Waals surface area contributed by atoms with Crippen molar-refractivity contribution in [2.45, 2.75) is 6.92 Å². The Bertz CT molecular complexity index is 422. The maximum Gasteiger partial charge on any atom is 0.332 e. The van der Waals surface area contributed by atoms with Crippen molar-refractivity contribution in [1.29, 1.82) is 0 Å². The summed E-state index contributed by atoms with van der Waals surface area (Å²) < 4.78 is 10.6. The fourth-order valence-corrected chi connectivity index (χ4v) is 1.68. The number of ether oxygens (including phenoxy) is 2. The van der Waals surface area contributed by atoms with Crippen LogP contribution in [0.1, 0.15) is 6.92 Å². The quantitative estimate of drug-likeness (QED) is 0.619. The number of carbonyl (C=O) groups is 2. The number of hydrogen-bond donors (Lipinski definition) is 1. The molecule has 98 valence electrons. The number of halogens is 1. The monoisotopic (exact) mass is 363 g/mol. The number of anilines is 1. The molecule has 1 N–H and O–H groups in total. The maximum absolute atomic E-state index is 11.5. The molecule has 1 aromatic carbocycles. The van der Waals surface area contributed by atoms with E-state index < -0.39 is 5.97 Å². The molecule has 0 fully saturated rings. The first-order valence-electron chi connectivity index (χ1n) is 5.40. The summed E-state index contributed by atoms with van der Waals surface area (Å²) in [6.07, 6.45) is 0. The Morgan fingerprint density at radius 3 is 2.78 bits per heavy atom. The highest BCUT2D eigenvalue weighted by molar-refractivity contribution is 14.1. The van der Waals surface area contributed by atoms with Crippen LogP contribution >= 0.6 is 22.6 Å². The number of amides is 1. The minimum atomic E-state index is -0.547. The lowest BCUT2D eigenvalue weighted by Crippen LogP contribution is -2.22. The highest BCUT2D eigenvalue weighted by Gasteiger charge is 2.07. The Labute approximate surface area is 119 Å². The zero-order valence-corrected chi connectivity index (χ0v) is 12.1. The SMILES string of the molecule is CCOCC(=O)OCC(=O)Nc1cccc(I)c1. The van der Waals surface area contributed by atoms with E-state index in [-0.39, 0.29) is 19.1 Å². The molecule has 0 aliphatic rings. The highest BCUT2D eigenvalue weighted by atomic mass is 127. The van der Waals surface area contributed by atoms with Crippen LogP contribution < -0.4 is 5.32 Å². The maximum atomic E-state index is 11.5. The fraction of sp³-hybridized carbons (Fsp3) is 0.333. The number of nitrogens with one attached hydrogen (secondary N) is 1. The first-order chi connectivity index (χ1) is 8.61. The Morgan fingerprint density at radius 1 is 1.33 bits per heavy atom. The van der Waals surface area contributed by atoms with Gasteiger partial charge in [-0.25, -0.2) is 4.79 Å². The van der Waals surface area contributed by atoms with Crippen molar-refractivity contribution in [1.82, 2.24) is 0 Å². The van der Waals surface area contributed by atoms with Crippen molar-refractivity contribution in [2.24, 2.45) is 0 Å². The number of carbonyl (C=O) groups excluding carboxylic acids is 2. The lowest BCUT2D eigenvalue weighted by atomic mass is 10.3. The predicted molar refractivity (Wildman–Crippen MR) is 75.2 cm³/mol. The van der Waals surface area contributed by atoms with E-state index in [1.54, 1.807) is 13.0 Å². The topological polar surface area (TPSA) is 64.6 Å². The summed E-state index contributed by atoms with van der Waals surface area (Å²) in [6.45, 7) is 1.77. The number of rotatable bonds is 6. The zero-order valence-electron chi connectivity index (χ0n) is 9.94. The molecule has 0 heterocycles. The summed E-state index contributed by atoms with van der Waals surface area (Å²) in [5.41, 5.74) is 0.674. The van der Waals surface area contributed by atoms with E-state index in [0.717, 1.165) is 3.57 Å². The minimum Gasteiger partial charge on any atom is -0.454 e. The average Bonchev–Trinajstić information content (AvgIpc) is 2.34. The van der Waals surface area contributed by atoms with Crippen LogP contribution in [0, 0.1) is 3.57 Å². The zero-order chi connectivity index (χ0) is 13.4. The van der Waals surface area contributed by atoms with Crippen molar-refractivity contribution < 1.29 is 19.1 Å². The van der Waals surface area contributed by atoms with Crippen LogP contribution in [0.15, 0.2) is 24.3 Å². The van der Waals surface area contributed by atoms with Crippen molar-refractivity contribution in [3.05, 3.63) is 27.8 Å². The largest absolute Gasteiger partial charge is 0.454 e. The van der Waals surface area contributed by atoms with E-state index in [0.29, 0.717) is 12.3 Å². The lowest BCUT2D eigenvalue weighted by molar-refractivity contribution is -0.151. The van der Waals surface area contributed by atoms with Crippen LogP contribution in [-0.2, 0) is 19.1 Å². The molecule has 0 radical (unpaired) electrons. The molecule has 0 atom stereocenters. The summed E-state index contributed by atoms with van der Waals surface area (Å²) >= 11 is 2.15. The molecule has 0 unspecified atom stereocenters. The van der Waals surface area contributed by atoms with Gasteiger partial charge < -0.3 is 14.8 Å². The summed E-state index contributed by atoms with van der Waals surface area (Å²) in [7, 11) is 0. The molecular formula is C12H14INO4. The third kappa shape index (κ3) is 5.97. The highest BCUT2D eigenvalue weighted by Crippen LogP contribution is 2.12. The van der Waals surface area contributed by atoms with Crippen molar-refractivity contribution in [2.75, 3.05) is 25.1 Å². The second kappa shape index (κ2) is 8.04. The van der Waals surface area contributed by atoms with Gasteiger partial charge in [-0.2, -0.15) is 0 Å². The first-order valence-corrected chi connectivity index (χ1v) is 6.48. The number of benzene rings is 1. The van der Waals surface area contributed by atoms with Gasteiger partial charge in [-0.15, -0.1) is 0 Å². The van der Waals surface area contributed by atoms with Gasteiger partial charge in [-0.3, -0.25) is 4.79 Å². The van der Waals surface area contributed by atoms with Gasteiger partial charge in [0, 0.05) is 15.9 Å². The predicted octanol–water partition coefficient (Wildman–Crippen LogP) is 1.81. The molecule has 0 saturated carbocycles. The van der Waals surface area contributed by atoms with Gasteiger partial charge in [0.1, 0.15) is 6.61 Å². The van der Waals surface area contributed by atoms with Crippen LogP contribution in [0.2, 0.25) is 0 Å². The van der Waals surface area contributed by atoms with Crippen molar-refractivity contribution >= 4 is 40.2 Å². The molecule has 0 aromatic heterocycles. The van der Waals surface area contributed by atoms with Gasteiger partial charge in [-0.05, 0) is 47.7 Å². The van der Waals surface area contributed by atoms with Gasteiger partial charge in [0.2, 0.25) is 0 Å². The van der Waals surface area contributed by atoms with E-state index in [1.807, 2.05) is 18.2 Å². The Hall–Kier alpha value is -1.15. The fourth-order valence-electron chi connectivity index (χ4n) is 1.14. The number of esters is 1. The van der Waals surface area contributed by atoms with E-state index in [4.69, 9.17) is 9.47 Å². The summed E-state index contributed by atoms with van der Waals surface area (Å²) in [6, 6.07) is 7.33. The Morgan fingerprint density at radius 2 is 2.11 bits per heavy atom. The lowest BCUT2D eigenvalue weighted by Gasteiger charge is -2.06. The summed E-state index contributed by atoms with van der Waals surface area (Å²) in [5, 5.41) is 2.63. The summed E-state index contributed by atoms with van der Waals surface area (Å²) in [5.74, 6) is -0.920. The second-order valence-corrected chi connectivity index (χ2v) is 4.60. The van der Waals surface area contributed by atoms with E-state index in [1.165, 1.54) is 0 Å². The van der Waals surface area contributed by atoms with E-state index >= 15 is 0 Å². The molecule has 0 saturated heterocycles. The molecule has 0 aliphatic heterocycles. The molecule has 0 bridgehead atoms. The third-order valence-corrected chi connectivity index (χ3v) is 2.57. The average molecular weight is 363 g/mol. The standard InChI is InChI=1S/C12H14INO4/c1-2-17-8-12(16)18-7-11(15)14-10-5-3-4-9(13)6-10/h3-6H,2,7-8H2,1H3,(H,14,15). The van der Waals surface area contributed by atoms with Gasteiger partial charge in [0.25, 0.3) is 5.91 Å². The van der Waals surface area contributed by atoms with Gasteiger partial charge in [-0.1, -0.05) is 6.07 Å². The molecule has 0 aliphatic carbocycles. The normalized spacial score (nSPS) is 9.89. The molecule has 6 heteroatoms. The summed E-state index contributed by atoms with van der Waals surface area (Å²) in [4.78, 5) is 22.6. The van der Waals surface area contributed by atoms with E-state index in [2.05, 4.69) is 27.9 Å². The molecule has 1 amide bonds. The van der Waals surface area contributed by atoms with Gasteiger partial charge in [0.15, 0.2) is 6.61 Å². The van der Waals surface area contributed by atoms with Crippen molar-refractivity contribution in [3.63, 3.8) is 0 Å². The van der Waals surface area contributed by atoms with Crippen LogP contribution in [-0.4, -0.2) is 31.7 Å². The molecule has 0 spiro atoms. The number of hydrogen-bond acceptors (Lipinski definition) is 4. The first kappa shape index (κ1) is 14.9. The molecular weight excluding hydrogens is 349 g/mol. The van der Waals surface area contributed by atoms with Crippen LogP contribution in [0.4, 0.5) is 5.69 Å². The molecule has 18 heavy (non-hydrogen) atoms. The molecule has 1 aromatic rings.